The van der Waals surface area contributed by atoms with E-state index in [1.54, 1.807) is 11.8 Å². The first kappa shape index (κ1) is 32.0. The highest BCUT2D eigenvalue weighted by molar-refractivity contribution is 8.00. The Morgan fingerprint density at radius 1 is 0.438 bits per heavy atom. The normalized spacial score (nSPS) is 13.7. The van der Waals surface area contributed by atoms with E-state index in [4.69, 9.17) is 8.53 Å². The highest BCUT2D eigenvalue weighted by Crippen LogP contribution is 2.51. The molecule has 2 aliphatic heterocycles. The largest absolute Gasteiger partial charge is 0.455 e. The van der Waals surface area contributed by atoms with Gasteiger partial charge in [-0.3, -0.25) is 0 Å². The highest BCUT2D eigenvalue weighted by Gasteiger charge is 2.43. The SMILES string of the molecule is [2H]c1c([2H])c([2H])c(-c2cc3c4c(c2)N(c2c(-c5ccccc5)cccc2-c2ccccc2)c2cc(-c5ccccc5)ccc2B4c2ccc4c(oc5ccc(-c6ccccc6)cc54)c2S3)c([2H])c1[2H]. The van der Waals surface area contributed by atoms with E-state index in [0.29, 0.717) is 5.56 Å². The van der Waals surface area contributed by atoms with E-state index in [1.807, 2.05) is 30.3 Å². The molecule has 0 fully saturated rings. The molecule has 0 N–H and O–H groups in total. The van der Waals surface area contributed by atoms with Crippen molar-refractivity contribution in [2.45, 2.75) is 9.79 Å². The zero-order valence-electron chi connectivity index (χ0n) is 39.4. The number of hydrogen-bond acceptors (Lipinski definition) is 3. The van der Waals surface area contributed by atoms with Gasteiger partial charge in [-0.25, -0.2) is 0 Å². The number of benzene rings is 10. The summed E-state index contributed by atoms with van der Waals surface area (Å²) < 4.78 is 51.7. The molecule has 4 heteroatoms. The lowest BCUT2D eigenvalue weighted by Gasteiger charge is -2.42. The molecule has 0 radical (unpaired) electrons. The molecule has 0 amide bonds. The summed E-state index contributed by atoms with van der Waals surface area (Å²) in [7, 11) is 0. The van der Waals surface area contributed by atoms with E-state index < -0.39 is 6.04 Å². The van der Waals surface area contributed by atoms with Crippen LogP contribution in [0.4, 0.5) is 17.1 Å². The predicted octanol–water partition coefficient (Wildman–Crippen LogP) is 14.7. The molecule has 2 nitrogen and oxygen atoms in total. The van der Waals surface area contributed by atoms with E-state index in [1.165, 1.54) is 0 Å². The molecule has 0 unspecified atom stereocenters. The van der Waals surface area contributed by atoms with Crippen LogP contribution in [0.3, 0.4) is 0 Å². The smallest absolute Gasteiger partial charge is 0.249 e. The van der Waals surface area contributed by atoms with Gasteiger partial charge in [-0.2, -0.15) is 0 Å². The van der Waals surface area contributed by atoms with Gasteiger partial charge in [0.25, 0.3) is 0 Å². The third-order valence-corrected chi connectivity index (χ3v) is 14.0. The van der Waals surface area contributed by atoms with Gasteiger partial charge in [0.05, 0.1) is 17.4 Å². The fraction of sp³-hybridized carbons (Fsp3) is 0. The minimum absolute atomic E-state index is 0.154. The highest BCUT2D eigenvalue weighted by atomic mass is 32.2. The number of para-hydroxylation sites is 1. The first-order chi connectivity index (χ1) is 33.8. The van der Waals surface area contributed by atoms with Gasteiger partial charge in [0.1, 0.15) is 11.2 Å². The molecule has 0 aliphatic carbocycles. The van der Waals surface area contributed by atoms with E-state index >= 15 is 0 Å². The lowest BCUT2D eigenvalue weighted by molar-refractivity contribution is 0.661. The van der Waals surface area contributed by atoms with Crippen LogP contribution in [-0.2, 0) is 0 Å². The van der Waals surface area contributed by atoms with E-state index in [0.717, 1.165) is 110 Å². The topological polar surface area (TPSA) is 16.4 Å². The monoisotopic (exact) mass is 836 g/mol. The Hall–Kier alpha value is -7.79. The first-order valence-electron chi connectivity index (χ1n) is 24.0. The van der Waals surface area contributed by atoms with Crippen molar-refractivity contribution >= 4 is 73.9 Å². The molecule has 0 atom stereocenters. The van der Waals surface area contributed by atoms with Crippen LogP contribution < -0.4 is 21.3 Å². The Balaban J connectivity index is 1.15. The van der Waals surface area contributed by atoms with Crippen molar-refractivity contribution in [3.05, 3.63) is 230 Å². The third kappa shape index (κ3) is 5.91. The summed E-state index contributed by atoms with van der Waals surface area (Å²) in [5.74, 6) is 0. The molecule has 0 saturated heterocycles. The van der Waals surface area contributed by atoms with E-state index in [9.17, 15) is 2.74 Å². The number of anilines is 3. The second-order valence-electron chi connectivity index (χ2n) is 16.4. The number of fused-ring (bicyclic) bond motifs is 8. The average Bonchev–Trinajstić information content (AvgIpc) is 3.79. The Bertz CT molecular complexity index is 3800. The molecule has 64 heavy (non-hydrogen) atoms. The fourth-order valence-corrected chi connectivity index (χ4v) is 11.2. The molecule has 1 aromatic heterocycles. The molecule has 0 saturated carbocycles. The van der Waals surface area contributed by atoms with Gasteiger partial charge in [0.2, 0.25) is 6.71 Å². The second kappa shape index (κ2) is 14.9. The molecule has 3 heterocycles. The van der Waals surface area contributed by atoms with Gasteiger partial charge in [0.15, 0.2) is 0 Å². The predicted molar refractivity (Wildman–Crippen MR) is 271 cm³/mol. The number of hydrogen-bond donors (Lipinski definition) is 0. The quantitative estimate of drug-likeness (QED) is 0.155. The van der Waals surface area contributed by atoms with E-state index in [-0.39, 0.29) is 36.4 Å². The summed E-state index contributed by atoms with van der Waals surface area (Å²) in [5, 5.41) is 2.05. The summed E-state index contributed by atoms with van der Waals surface area (Å²) in [6, 6.07) is 68.3. The van der Waals surface area contributed by atoms with Crippen LogP contribution in [0.5, 0.6) is 0 Å². The maximum atomic E-state index is 9.30. The molecular formula is C60H38BNOS. The zero-order valence-corrected chi connectivity index (χ0v) is 35.2. The van der Waals surface area contributed by atoms with Crippen molar-refractivity contribution in [1.29, 1.82) is 0 Å². The molecule has 13 rings (SSSR count). The average molecular weight is 837 g/mol. The van der Waals surface area contributed by atoms with Gasteiger partial charge in [-0.1, -0.05) is 217 Å². The van der Waals surface area contributed by atoms with Crippen molar-refractivity contribution in [2.75, 3.05) is 4.90 Å². The summed E-state index contributed by atoms with van der Waals surface area (Å²) in [5.41, 5.74) is 16.9. The van der Waals surface area contributed by atoms with Crippen molar-refractivity contribution in [3.63, 3.8) is 0 Å². The summed E-state index contributed by atoms with van der Waals surface area (Å²) in [6.45, 7) is -0.252. The number of nitrogens with zero attached hydrogens (tertiary/aromatic N) is 1. The Morgan fingerprint density at radius 2 is 1.02 bits per heavy atom. The van der Waals surface area contributed by atoms with Crippen molar-refractivity contribution in [1.82, 2.24) is 0 Å². The molecular weight excluding hydrogens is 794 g/mol. The Kier molecular flexibility index (Phi) is 7.46. The Labute approximate surface area is 384 Å². The van der Waals surface area contributed by atoms with Crippen molar-refractivity contribution in [3.8, 4) is 55.6 Å². The van der Waals surface area contributed by atoms with Crippen LogP contribution in [0.2, 0.25) is 0 Å². The molecule has 10 aromatic carbocycles. The van der Waals surface area contributed by atoms with Gasteiger partial charge >= 0.3 is 0 Å². The van der Waals surface area contributed by atoms with E-state index in [2.05, 4.69) is 175 Å². The van der Waals surface area contributed by atoms with Crippen molar-refractivity contribution < 1.29 is 11.3 Å². The van der Waals surface area contributed by atoms with Gasteiger partial charge in [-0.15, -0.1) is 0 Å². The van der Waals surface area contributed by atoms with Gasteiger partial charge in [0, 0.05) is 38.2 Å². The molecule has 11 aromatic rings. The number of furan rings is 1. The molecule has 0 bridgehead atoms. The third-order valence-electron chi connectivity index (χ3n) is 12.8. The standard InChI is InChI=1S/C60H38BNOS/c1-6-17-39(18-7-1)44-30-34-55-50(35-44)49-31-33-52-60(59(49)63-55)64-56-38-46(41-21-10-3-11-22-41)37-54-57(56)61(52)51-32-29-45(40-19-8-2-9-20-40)36-53(51)62(54)58-47(42-23-12-4-13-24-42)27-16-28-48(58)43-25-14-5-15-26-43/h1-38H/i3D,10D,11D,21D,22D. The maximum absolute atomic E-state index is 9.30. The summed E-state index contributed by atoms with van der Waals surface area (Å²) >= 11 is 1.63. The number of rotatable bonds is 6. The summed E-state index contributed by atoms with van der Waals surface area (Å²) in [6.07, 6.45) is 0. The first-order valence-corrected chi connectivity index (χ1v) is 22.3. The van der Waals surface area contributed by atoms with Crippen LogP contribution in [0.1, 0.15) is 6.85 Å². The lowest BCUT2D eigenvalue weighted by atomic mass is 9.34. The molecule has 298 valence electrons. The molecule has 2 aliphatic rings. The summed E-state index contributed by atoms with van der Waals surface area (Å²) in [4.78, 5) is 4.30. The Morgan fingerprint density at radius 3 is 1.67 bits per heavy atom. The fourth-order valence-electron chi connectivity index (χ4n) is 9.92. The molecule has 0 spiro atoms. The van der Waals surface area contributed by atoms with Crippen LogP contribution >= 0.6 is 11.8 Å². The minimum atomic E-state index is -0.424. The van der Waals surface area contributed by atoms with Gasteiger partial charge < -0.3 is 9.32 Å². The zero-order chi connectivity index (χ0) is 46.5. The van der Waals surface area contributed by atoms with Crippen LogP contribution in [0.25, 0.3) is 77.6 Å². The second-order valence-corrected chi connectivity index (χ2v) is 17.4. The van der Waals surface area contributed by atoms with Crippen LogP contribution in [-0.4, -0.2) is 6.71 Å². The van der Waals surface area contributed by atoms with Crippen LogP contribution in [0, 0.1) is 0 Å². The maximum Gasteiger partial charge on any atom is 0.249 e. The van der Waals surface area contributed by atoms with Gasteiger partial charge in [-0.05, 0) is 85.8 Å². The van der Waals surface area contributed by atoms with Crippen LogP contribution in [0.15, 0.2) is 245 Å². The lowest BCUT2D eigenvalue weighted by Crippen LogP contribution is -2.59. The minimum Gasteiger partial charge on any atom is -0.455 e. The van der Waals surface area contributed by atoms with Crippen molar-refractivity contribution in [2.24, 2.45) is 0 Å².